The lowest BCUT2D eigenvalue weighted by atomic mass is 9.77. The van der Waals surface area contributed by atoms with E-state index in [-0.39, 0.29) is 31.2 Å². The van der Waals surface area contributed by atoms with Gasteiger partial charge in [-0.1, -0.05) is 12.8 Å². The lowest BCUT2D eigenvalue weighted by molar-refractivity contribution is -0.139. The summed E-state index contributed by atoms with van der Waals surface area (Å²) in [4.78, 5) is 42.1. The fourth-order valence-electron chi connectivity index (χ4n) is 7.04. The molecule has 10 nitrogen and oxygen atoms in total. The van der Waals surface area contributed by atoms with E-state index in [1.165, 1.54) is 36.6 Å². The SMILES string of the molecule is Cn1nc(N2CCC(=O)NC2=O)c2cc(F)c(N3CCC(O)(CC(=O)N4CCC5(CCCC5)CC4)CC3)cc21. The Morgan fingerprint density at radius 1 is 1.03 bits per heavy atom. The van der Waals surface area contributed by atoms with Gasteiger partial charge in [0.15, 0.2) is 5.82 Å². The van der Waals surface area contributed by atoms with Crippen LogP contribution in [0.25, 0.3) is 10.9 Å². The monoisotopic (exact) mass is 540 g/mol. The quantitative estimate of drug-likeness (QED) is 0.617. The number of nitrogens with one attached hydrogen (secondary N) is 1. The van der Waals surface area contributed by atoms with Gasteiger partial charge in [0.1, 0.15) is 5.82 Å². The highest BCUT2D eigenvalue weighted by atomic mass is 19.1. The first-order valence-electron chi connectivity index (χ1n) is 14.2. The fourth-order valence-corrected chi connectivity index (χ4v) is 7.04. The molecule has 1 spiro atoms. The molecule has 1 aromatic carbocycles. The summed E-state index contributed by atoms with van der Waals surface area (Å²) in [6, 6.07) is 2.54. The summed E-state index contributed by atoms with van der Waals surface area (Å²) in [5.74, 6) is -0.450. The number of piperidine rings is 2. The summed E-state index contributed by atoms with van der Waals surface area (Å²) >= 11 is 0. The van der Waals surface area contributed by atoms with Crippen LogP contribution in [0.2, 0.25) is 0 Å². The predicted octanol–water partition coefficient (Wildman–Crippen LogP) is 3.06. The molecule has 4 heterocycles. The van der Waals surface area contributed by atoms with Crippen LogP contribution in [-0.2, 0) is 16.6 Å². The molecule has 3 aliphatic heterocycles. The van der Waals surface area contributed by atoms with Crippen molar-refractivity contribution in [3.05, 3.63) is 17.9 Å². The van der Waals surface area contributed by atoms with Crippen LogP contribution < -0.4 is 15.1 Å². The number of hydrogen-bond donors (Lipinski definition) is 2. The first-order valence-corrected chi connectivity index (χ1v) is 14.2. The van der Waals surface area contributed by atoms with Gasteiger partial charge in [0.05, 0.1) is 23.2 Å². The van der Waals surface area contributed by atoms with Crippen molar-refractivity contribution in [1.82, 2.24) is 20.0 Å². The maximum absolute atomic E-state index is 15.4. The Hall–Kier alpha value is -3.21. The van der Waals surface area contributed by atoms with Crippen molar-refractivity contribution in [3.63, 3.8) is 0 Å². The number of urea groups is 1. The van der Waals surface area contributed by atoms with Crippen LogP contribution in [0.5, 0.6) is 0 Å². The van der Waals surface area contributed by atoms with Crippen molar-refractivity contribution in [2.75, 3.05) is 42.5 Å². The highest BCUT2D eigenvalue weighted by Crippen LogP contribution is 2.46. The summed E-state index contributed by atoms with van der Waals surface area (Å²) in [6.45, 7) is 2.61. The van der Waals surface area contributed by atoms with Crippen LogP contribution in [0.3, 0.4) is 0 Å². The molecule has 3 saturated heterocycles. The van der Waals surface area contributed by atoms with Crippen molar-refractivity contribution in [2.45, 2.75) is 69.8 Å². The second-order valence-corrected chi connectivity index (χ2v) is 12.0. The molecule has 1 saturated carbocycles. The van der Waals surface area contributed by atoms with Crippen molar-refractivity contribution in [1.29, 1.82) is 0 Å². The van der Waals surface area contributed by atoms with Gasteiger partial charge in [0, 0.05) is 51.6 Å². The van der Waals surface area contributed by atoms with E-state index in [1.54, 1.807) is 17.8 Å². The standard InChI is InChI=1S/C28H37FN6O4/c1-32-21-17-22(20(29)16-19(21)25(31-32)35-11-4-23(36)30-26(35)38)33-14-9-28(39,10-15-33)18-24(37)34-12-7-27(8-13-34)5-2-3-6-27/h16-17,39H,2-15,18H2,1H3,(H,30,36,38). The molecule has 210 valence electrons. The van der Waals surface area contributed by atoms with Crippen LogP contribution in [0, 0.1) is 11.2 Å². The van der Waals surface area contributed by atoms with Crippen molar-refractivity contribution < 1.29 is 23.9 Å². The molecule has 39 heavy (non-hydrogen) atoms. The number of aliphatic hydroxyl groups is 1. The van der Waals surface area contributed by atoms with Gasteiger partial charge < -0.3 is 14.9 Å². The van der Waals surface area contributed by atoms with Crippen molar-refractivity contribution in [3.8, 4) is 0 Å². The number of likely N-dealkylation sites (tertiary alicyclic amines) is 1. The van der Waals surface area contributed by atoms with E-state index >= 15 is 4.39 Å². The minimum absolute atomic E-state index is 0.0252. The second-order valence-electron chi connectivity index (χ2n) is 12.0. The van der Waals surface area contributed by atoms with E-state index in [0.717, 1.165) is 25.9 Å². The average Bonchev–Trinajstić information content (AvgIpc) is 3.48. The number of amides is 4. The first-order chi connectivity index (χ1) is 18.7. The first kappa shape index (κ1) is 26.0. The minimum Gasteiger partial charge on any atom is -0.389 e. The maximum atomic E-state index is 15.4. The van der Waals surface area contributed by atoms with Gasteiger partial charge in [-0.25, -0.2) is 9.18 Å². The van der Waals surface area contributed by atoms with Gasteiger partial charge in [-0.05, 0) is 56.1 Å². The molecule has 0 atom stereocenters. The van der Waals surface area contributed by atoms with E-state index in [4.69, 9.17) is 0 Å². The molecule has 6 rings (SSSR count). The Morgan fingerprint density at radius 3 is 2.38 bits per heavy atom. The number of benzene rings is 1. The van der Waals surface area contributed by atoms with Crippen LogP contribution in [-0.4, -0.2) is 76.0 Å². The van der Waals surface area contributed by atoms with E-state index in [2.05, 4.69) is 10.4 Å². The Kier molecular flexibility index (Phi) is 6.52. The largest absolute Gasteiger partial charge is 0.389 e. The lowest BCUT2D eigenvalue weighted by Gasteiger charge is -2.42. The number of carbonyl (C=O) groups excluding carboxylic acids is 3. The number of aryl methyl sites for hydroxylation is 1. The number of halogens is 1. The van der Waals surface area contributed by atoms with Crippen LogP contribution in [0.4, 0.5) is 20.7 Å². The molecule has 1 aromatic heterocycles. The highest BCUT2D eigenvalue weighted by Gasteiger charge is 2.41. The highest BCUT2D eigenvalue weighted by molar-refractivity contribution is 6.09. The Bertz CT molecular complexity index is 1300. The molecule has 4 fully saturated rings. The van der Waals surface area contributed by atoms with E-state index in [1.807, 2.05) is 9.80 Å². The zero-order valence-electron chi connectivity index (χ0n) is 22.5. The number of fused-ring (bicyclic) bond motifs is 1. The molecule has 4 amide bonds. The number of hydrogen-bond acceptors (Lipinski definition) is 6. The van der Waals surface area contributed by atoms with Gasteiger partial charge in [0.2, 0.25) is 11.8 Å². The molecule has 4 aliphatic rings. The van der Waals surface area contributed by atoms with Crippen molar-refractivity contribution >= 4 is 40.3 Å². The molecule has 1 aliphatic carbocycles. The Morgan fingerprint density at radius 2 is 1.72 bits per heavy atom. The van der Waals surface area contributed by atoms with E-state index in [9.17, 15) is 19.5 Å². The zero-order chi connectivity index (χ0) is 27.4. The van der Waals surface area contributed by atoms with E-state index in [0.29, 0.717) is 53.8 Å². The zero-order valence-corrected chi connectivity index (χ0v) is 22.5. The molecule has 0 bridgehead atoms. The summed E-state index contributed by atoms with van der Waals surface area (Å²) < 4.78 is 17.0. The third-order valence-electron chi connectivity index (χ3n) is 9.57. The Labute approximate surface area is 227 Å². The van der Waals surface area contributed by atoms with Gasteiger partial charge in [-0.3, -0.25) is 24.5 Å². The Balaban J connectivity index is 1.11. The molecule has 2 N–H and O–H groups in total. The molecular formula is C28H37FN6O4. The summed E-state index contributed by atoms with van der Waals surface area (Å²) in [5, 5.41) is 18.5. The number of imide groups is 1. The third kappa shape index (κ3) is 4.85. The summed E-state index contributed by atoms with van der Waals surface area (Å²) in [6.07, 6.45) is 8.35. The topological polar surface area (TPSA) is 111 Å². The maximum Gasteiger partial charge on any atom is 0.329 e. The van der Waals surface area contributed by atoms with Crippen LogP contribution in [0.1, 0.15) is 64.2 Å². The van der Waals surface area contributed by atoms with E-state index < -0.39 is 17.4 Å². The minimum atomic E-state index is -1.09. The van der Waals surface area contributed by atoms with Gasteiger partial charge in [-0.15, -0.1) is 0 Å². The third-order valence-corrected chi connectivity index (χ3v) is 9.57. The van der Waals surface area contributed by atoms with Gasteiger partial charge >= 0.3 is 6.03 Å². The molecule has 2 aromatic rings. The predicted molar refractivity (Wildman–Crippen MR) is 144 cm³/mol. The number of rotatable bonds is 4. The van der Waals surface area contributed by atoms with Crippen LogP contribution in [0.15, 0.2) is 12.1 Å². The van der Waals surface area contributed by atoms with Gasteiger partial charge in [0.25, 0.3) is 0 Å². The second kappa shape index (κ2) is 9.76. The number of anilines is 2. The summed E-state index contributed by atoms with van der Waals surface area (Å²) in [5.41, 5.74) is 0.418. The molecule has 0 unspecified atom stereocenters. The fraction of sp³-hybridized carbons (Fsp3) is 0.643. The lowest BCUT2D eigenvalue weighted by Crippen LogP contribution is -2.49. The van der Waals surface area contributed by atoms with Crippen LogP contribution >= 0.6 is 0 Å². The summed E-state index contributed by atoms with van der Waals surface area (Å²) in [7, 11) is 1.73. The normalized spacial score (nSPS) is 23.1. The van der Waals surface area contributed by atoms with Crippen molar-refractivity contribution in [2.24, 2.45) is 12.5 Å². The molecular weight excluding hydrogens is 503 g/mol. The van der Waals surface area contributed by atoms with Gasteiger partial charge in [-0.2, -0.15) is 5.10 Å². The molecule has 0 radical (unpaired) electrons. The smallest absolute Gasteiger partial charge is 0.329 e. The number of carbonyl (C=O) groups is 3. The molecule has 11 heteroatoms. The number of aromatic nitrogens is 2. The average molecular weight is 541 g/mol. The number of nitrogens with zero attached hydrogens (tertiary/aromatic N) is 5.